The first-order valence-corrected chi connectivity index (χ1v) is 11.0. The summed E-state index contributed by atoms with van der Waals surface area (Å²) in [4.78, 5) is 42.7. The molecule has 29 heavy (non-hydrogen) atoms. The Morgan fingerprint density at radius 2 is 1.79 bits per heavy atom. The van der Waals surface area contributed by atoms with Gasteiger partial charge in [0.1, 0.15) is 11.6 Å². The van der Waals surface area contributed by atoms with E-state index in [-0.39, 0.29) is 43.2 Å². The fourth-order valence-electron chi connectivity index (χ4n) is 3.98. The number of hydrogen-bond acceptors (Lipinski definition) is 6. The van der Waals surface area contributed by atoms with Crippen molar-refractivity contribution < 1.29 is 19.1 Å². The van der Waals surface area contributed by atoms with Crippen LogP contribution < -0.4 is 0 Å². The van der Waals surface area contributed by atoms with Crippen LogP contribution in [0.3, 0.4) is 0 Å². The number of ether oxygens (including phenoxy) is 1. The summed E-state index contributed by atoms with van der Waals surface area (Å²) in [6.45, 7) is 0.159. The van der Waals surface area contributed by atoms with Crippen LogP contribution in [0.2, 0.25) is 5.02 Å². The SMILES string of the molecule is O=C(CCN1C(=O)[C@@H]2CCCC[C@H]2C1=O)OCc1csc(-c2ccc(Cl)cc2)n1. The number of aromatic nitrogens is 1. The fraction of sp³-hybridized carbons (Fsp3) is 0.429. The van der Waals surface area contributed by atoms with Crippen molar-refractivity contribution in [3.05, 3.63) is 40.4 Å². The molecule has 0 N–H and O–H groups in total. The summed E-state index contributed by atoms with van der Waals surface area (Å²) in [6, 6.07) is 7.38. The third-order valence-electron chi connectivity index (χ3n) is 5.50. The molecule has 2 aliphatic rings. The maximum absolute atomic E-state index is 12.4. The number of imide groups is 1. The number of carbonyl (C=O) groups is 3. The van der Waals surface area contributed by atoms with Gasteiger partial charge in [0, 0.05) is 22.5 Å². The Morgan fingerprint density at radius 1 is 1.14 bits per heavy atom. The topological polar surface area (TPSA) is 76.6 Å². The van der Waals surface area contributed by atoms with E-state index in [1.807, 2.05) is 17.5 Å². The molecule has 0 unspecified atom stereocenters. The van der Waals surface area contributed by atoms with Gasteiger partial charge in [-0.15, -0.1) is 11.3 Å². The Bertz CT molecular complexity index is 903. The van der Waals surface area contributed by atoms with Crippen LogP contribution in [0.5, 0.6) is 0 Å². The van der Waals surface area contributed by atoms with Crippen molar-refractivity contribution in [1.82, 2.24) is 9.88 Å². The predicted molar refractivity (Wildman–Crippen MR) is 109 cm³/mol. The zero-order valence-corrected chi connectivity index (χ0v) is 17.4. The molecule has 1 aromatic heterocycles. The van der Waals surface area contributed by atoms with Gasteiger partial charge in [-0.3, -0.25) is 19.3 Å². The maximum Gasteiger partial charge on any atom is 0.307 e. The standard InChI is InChI=1S/C21H21ClN2O4S/c22-14-7-5-13(6-8-14)19-23-15(12-29-19)11-28-18(25)9-10-24-20(26)16-3-1-2-4-17(16)21(24)27/h5-8,12,16-17H,1-4,9-11H2/t16-,17-/m1/s1. The largest absolute Gasteiger partial charge is 0.459 e. The molecule has 2 atom stereocenters. The summed E-state index contributed by atoms with van der Waals surface area (Å²) in [5.41, 5.74) is 1.61. The van der Waals surface area contributed by atoms with Crippen molar-refractivity contribution >= 4 is 40.7 Å². The van der Waals surface area contributed by atoms with Gasteiger partial charge < -0.3 is 4.74 Å². The third kappa shape index (κ3) is 4.36. The summed E-state index contributed by atoms with van der Waals surface area (Å²) in [6.07, 6.45) is 3.53. The van der Waals surface area contributed by atoms with Gasteiger partial charge in [-0.2, -0.15) is 0 Å². The minimum Gasteiger partial charge on any atom is -0.459 e. The number of hydrogen-bond donors (Lipinski definition) is 0. The van der Waals surface area contributed by atoms with E-state index in [1.165, 1.54) is 16.2 Å². The molecular weight excluding hydrogens is 412 g/mol. The Balaban J connectivity index is 1.27. The molecule has 0 spiro atoms. The van der Waals surface area contributed by atoms with Crippen LogP contribution in [-0.2, 0) is 25.7 Å². The van der Waals surface area contributed by atoms with Crippen LogP contribution in [-0.4, -0.2) is 34.2 Å². The Labute approximate surface area is 177 Å². The lowest BCUT2D eigenvalue weighted by molar-refractivity contribution is -0.146. The van der Waals surface area contributed by atoms with Crippen molar-refractivity contribution in [2.75, 3.05) is 6.54 Å². The second-order valence-electron chi connectivity index (χ2n) is 7.39. The molecule has 1 saturated heterocycles. The lowest BCUT2D eigenvalue weighted by atomic mass is 9.81. The summed E-state index contributed by atoms with van der Waals surface area (Å²) in [7, 11) is 0. The highest BCUT2D eigenvalue weighted by atomic mass is 35.5. The van der Waals surface area contributed by atoms with E-state index in [0.29, 0.717) is 10.7 Å². The number of halogens is 1. The highest BCUT2D eigenvalue weighted by Crippen LogP contribution is 2.38. The van der Waals surface area contributed by atoms with Crippen molar-refractivity contribution in [3.8, 4) is 10.6 Å². The highest BCUT2D eigenvalue weighted by Gasteiger charge is 2.47. The number of benzene rings is 1. The average molecular weight is 433 g/mol. The van der Waals surface area contributed by atoms with Crippen LogP contribution in [0.4, 0.5) is 0 Å². The molecule has 4 rings (SSSR count). The van der Waals surface area contributed by atoms with E-state index in [2.05, 4.69) is 4.98 Å². The number of amides is 2. The van der Waals surface area contributed by atoms with Gasteiger partial charge in [0.2, 0.25) is 11.8 Å². The first-order valence-electron chi connectivity index (χ1n) is 9.74. The fourth-order valence-corrected chi connectivity index (χ4v) is 4.92. The van der Waals surface area contributed by atoms with E-state index < -0.39 is 5.97 Å². The molecule has 0 bridgehead atoms. The van der Waals surface area contributed by atoms with Gasteiger partial charge in [0.25, 0.3) is 0 Å². The molecule has 0 radical (unpaired) electrons. The molecule has 1 aliphatic heterocycles. The second kappa shape index (κ2) is 8.63. The smallest absolute Gasteiger partial charge is 0.307 e. The number of nitrogens with zero attached hydrogens (tertiary/aromatic N) is 2. The van der Waals surface area contributed by atoms with Gasteiger partial charge in [-0.1, -0.05) is 36.6 Å². The lowest BCUT2D eigenvalue weighted by Gasteiger charge is -2.19. The van der Waals surface area contributed by atoms with Crippen LogP contribution in [0.15, 0.2) is 29.6 Å². The Kier molecular flexibility index (Phi) is 5.96. The predicted octanol–water partition coefficient (Wildman–Crippen LogP) is 4.07. The van der Waals surface area contributed by atoms with E-state index >= 15 is 0 Å². The van der Waals surface area contributed by atoms with Crippen LogP contribution in [0.25, 0.3) is 10.6 Å². The summed E-state index contributed by atoms with van der Waals surface area (Å²) >= 11 is 7.36. The molecule has 152 valence electrons. The number of esters is 1. The first kappa shape index (κ1) is 20.0. The van der Waals surface area contributed by atoms with Gasteiger partial charge in [0.15, 0.2) is 0 Å². The van der Waals surface area contributed by atoms with Crippen molar-refractivity contribution in [2.45, 2.75) is 38.7 Å². The van der Waals surface area contributed by atoms with Crippen LogP contribution in [0.1, 0.15) is 37.8 Å². The van der Waals surface area contributed by atoms with Gasteiger partial charge in [0.05, 0.1) is 24.0 Å². The molecule has 1 aromatic carbocycles. The number of likely N-dealkylation sites (tertiary alicyclic amines) is 1. The zero-order valence-electron chi connectivity index (χ0n) is 15.8. The first-order chi connectivity index (χ1) is 14.0. The Morgan fingerprint density at radius 3 is 2.45 bits per heavy atom. The zero-order chi connectivity index (χ0) is 20.4. The normalized spacial score (nSPS) is 21.3. The van der Waals surface area contributed by atoms with E-state index in [4.69, 9.17) is 16.3 Å². The van der Waals surface area contributed by atoms with Crippen molar-refractivity contribution in [1.29, 1.82) is 0 Å². The number of rotatable bonds is 6. The maximum atomic E-state index is 12.4. The number of thiazole rings is 1. The van der Waals surface area contributed by atoms with Crippen molar-refractivity contribution in [2.24, 2.45) is 11.8 Å². The monoisotopic (exact) mass is 432 g/mol. The molecule has 8 heteroatoms. The van der Waals surface area contributed by atoms with Crippen LogP contribution in [0, 0.1) is 11.8 Å². The summed E-state index contributed by atoms with van der Waals surface area (Å²) < 4.78 is 5.28. The summed E-state index contributed by atoms with van der Waals surface area (Å²) in [5, 5.41) is 3.33. The quantitative estimate of drug-likeness (QED) is 0.508. The molecular formula is C21H21ClN2O4S. The highest BCUT2D eigenvalue weighted by molar-refractivity contribution is 7.13. The van der Waals surface area contributed by atoms with E-state index in [1.54, 1.807) is 12.1 Å². The van der Waals surface area contributed by atoms with Gasteiger partial charge in [-0.05, 0) is 25.0 Å². The molecule has 1 aliphatic carbocycles. The Hall–Kier alpha value is -2.25. The second-order valence-corrected chi connectivity index (χ2v) is 8.68. The lowest BCUT2D eigenvalue weighted by Crippen LogP contribution is -2.33. The van der Waals surface area contributed by atoms with E-state index in [9.17, 15) is 14.4 Å². The number of carbonyl (C=O) groups excluding carboxylic acids is 3. The average Bonchev–Trinajstić information content (AvgIpc) is 3.30. The third-order valence-corrected chi connectivity index (χ3v) is 6.69. The van der Waals surface area contributed by atoms with Crippen molar-refractivity contribution in [3.63, 3.8) is 0 Å². The number of fused-ring (bicyclic) bond motifs is 1. The van der Waals surface area contributed by atoms with E-state index in [0.717, 1.165) is 36.3 Å². The molecule has 2 heterocycles. The molecule has 1 saturated carbocycles. The molecule has 2 aromatic rings. The molecule has 2 amide bonds. The van der Waals surface area contributed by atoms with Crippen LogP contribution >= 0.6 is 22.9 Å². The molecule has 2 fully saturated rings. The minimum atomic E-state index is -0.443. The minimum absolute atomic E-state index is 0.00506. The van der Waals surface area contributed by atoms with Gasteiger partial charge in [-0.25, -0.2) is 4.98 Å². The molecule has 6 nitrogen and oxygen atoms in total. The summed E-state index contributed by atoms with van der Waals surface area (Å²) in [5.74, 6) is -1.07. The van der Waals surface area contributed by atoms with Gasteiger partial charge >= 0.3 is 5.97 Å².